The Morgan fingerprint density at radius 2 is 2.00 bits per heavy atom. The number of nitriles is 1. The highest BCUT2D eigenvalue weighted by atomic mass is 32.2. The summed E-state index contributed by atoms with van der Waals surface area (Å²) < 4.78 is 24.6. The van der Waals surface area contributed by atoms with Gasteiger partial charge in [0.05, 0.1) is 29.4 Å². The molecule has 2 N–H and O–H groups in total. The van der Waals surface area contributed by atoms with Gasteiger partial charge in [-0.15, -0.1) is 0 Å². The molecule has 25 heavy (non-hydrogen) atoms. The number of anilines is 2. The average molecular weight is 357 g/mol. The fourth-order valence-corrected chi connectivity index (χ4v) is 3.10. The number of aromatic nitrogens is 3. The first-order chi connectivity index (χ1) is 11.9. The van der Waals surface area contributed by atoms with E-state index in [1.165, 1.54) is 18.3 Å². The maximum Gasteiger partial charge on any atom is 0.261 e. The second-order valence-corrected chi connectivity index (χ2v) is 7.48. The Bertz CT molecular complexity index is 1120. The standard InChI is InChI=1S/C16H15N5O3S/c1-25(23,24)12-5-3-11(4-6-12)19-15-14-13(7-9-18-16(14)22)21(20-15)10-2-8-17/h3-7,9H,2,10H2,1H3,(H,18,22)(H,19,20). The van der Waals surface area contributed by atoms with Crippen molar-refractivity contribution in [2.24, 2.45) is 0 Å². The summed E-state index contributed by atoms with van der Waals surface area (Å²) in [6, 6.07) is 9.95. The van der Waals surface area contributed by atoms with Gasteiger partial charge < -0.3 is 10.3 Å². The third-order valence-corrected chi connectivity index (χ3v) is 4.78. The van der Waals surface area contributed by atoms with Crippen LogP contribution in [0.2, 0.25) is 0 Å². The van der Waals surface area contributed by atoms with Gasteiger partial charge in [0.15, 0.2) is 15.7 Å². The highest BCUT2D eigenvalue weighted by Crippen LogP contribution is 2.24. The van der Waals surface area contributed by atoms with Gasteiger partial charge in [0.2, 0.25) is 0 Å². The molecule has 3 rings (SSSR count). The Hall–Kier alpha value is -3.12. The first-order valence-electron chi connectivity index (χ1n) is 7.42. The zero-order valence-electron chi connectivity index (χ0n) is 13.4. The lowest BCUT2D eigenvalue weighted by Crippen LogP contribution is -2.06. The van der Waals surface area contributed by atoms with E-state index >= 15 is 0 Å². The minimum atomic E-state index is -3.27. The molecule has 128 valence electrons. The van der Waals surface area contributed by atoms with Crippen LogP contribution in [0.5, 0.6) is 0 Å². The lowest BCUT2D eigenvalue weighted by molar-refractivity contribution is 0.602. The van der Waals surface area contributed by atoms with Gasteiger partial charge in [-0.3, -0.25) is 9.48 Å². The van der Waals surface area contributed by atoms with Crippen molar-refractivity contribution in [3.8, 4) is 6.07 Å². The summed E-state index contributed by atoms with van der Waals surface area (Å²) in [6.45, 7) is 0.366. The Morgan fingerprint density at radius 3 is 2.64 bits per heavy atom. The van der Waals surface area contributed by atoms with Crippen molar-refractivity contribution in [2.75, 3.05) is 11.6 Å². The van der Waals surface area contributed by atoms with Crippen LogP contribution in [0.3, 0.4) is 0 Å². The van der Waals surface area contributed by atoms with Crippen LogP contribution in [-0.4, -0.2) is 29.4 Å². The van der Waals surface area contributed by atoms with E-state index in [0.29, 0.717) is 29.0 Å². The van der Waals surface area contributed by atoms with Crippen LogP contribution >= 0.6 is 0 Å². The van der Waals surface area contributed by atoms with Crippen molar-refractivity contribution < 1.29 is 8.42 Å². The zero-order valence-corrected chi connectivity index (χ0v) is 14.2. The van der Waals surface area contributed by atoms with Gasteiger partial charge in [-0.25, -0.2) is 8.42 Å². The number of aryl methyl sites for hydroxylation is 1. The summed E-state index contributed by atoms with van der Waals surface area (Å²) in [5.74, 6) is 0.349. The van der Waals surface area contributed by atoms with E-state index in [4.69, 9.17) is 5.26 Å². The van der Waals surface area contributed by atoms with Gasteiger partial charge in [0.1, 0.15) is 5.39 Å². The maximum atomic E-state index is 12.2. The molecule has 0 atom stereocenters. The summed E-state index contributed by atoms with van der Waals surface area (Å²) in [5.41, 5.74) is 0.924. The van der Waals surface area contributed by atoms with E-state index in [-0.39, 0.29) is 16.9 Å². The largest absolute Gasteiger partial charge is 0.338 e. The molecule has 2 heterocycles. The van der Waals surface area contributed by atoms with Crippen LogP contribution in [0, 0.1) is 11.3 Å². The van der Waals surface area contributed by atoms with Crippen LogP contribution in [0.1, 0.15) is 6.42 Å². The van der Waals surface area contributed by atoms with Gasteiger partial charge in [-0.05, 0) is 30.3 Å². The molecule has 0 saturated heterocycles. The molecule has 9 heteroatoms. The van der Waals surface area contributed by atoms with E-state index in [1.807, 2.05) is 0 Å². The molecule has 2 aromatic heterocycles. The number of fused-ring (bicyclic) bond motifs is 1. The van der Waals surface area contributed by atoms with Crippen molar-refractivity contribution >= 4 is 32.2 Å². The van der Waals surface area contributed by atoms with Crippen molar-refractivity contribution in [3.05, 3.63) is 46.9 Å². The lowest BCUT2D eigenvalue weighted by Gasteiger charge is -2.04. The quantitative estimate of drug-likeness (QED) is 0.718. The monoisotopic (exact) mass is 357 g/mol. The summed E-state index contributed by atoms with van der Waals surface area (Å²) >= 11 is 0. The molecule has 0 unspecified atom stereocenters. The van der Waals surface area contributed by atoms with Crippen LogP contribution in [0.15, 0.2) is 46.2 Å². The molecule has 0 aliphatic carbocycles. The molecule has 0 aliphatic heterocycles. The van der Waals surface area contributed by atoms with Gasteiger partial charge in [0.25, 0.3) is 5.56 Å². The molecule has 0 saturated carbocycles. The average Bonchev–Trinajstić information content (AvgIpc) is 2.91. The van der Waals surface area contributed by atoms with E-state index in [9.17, 15) is 13.2 Å². The lowest BCUT2D eigenvalue weighted by atomic mass is 10.3. The molecule has 0 bridgehead atoms. The van der Waals surface area contributed by atoms with Gasteiger partial charge >= 0.3 is 0 Å². The molecule has 0 radical (unpaired) electrons. The van der Waals surface area contributed by atoms with Crippen molar-refractivity contribution in [1.82, 2.24) is 14.8 Å². The molecule has 0 aliphatic rings. The van der Waals surface area contributed by atoms with E-state index in [0.717, 1.165) is 6.26 Å². The fourth-order valence-electron chi connectivity index (χ4n) is 2.47. The summed E-state index contributed by atoms with van der Waals surface area (Å²) in [4.78, 5) is 15.0. The number of hydrogen-bond acceptors (Lipinski definition) is 6. The van der Waals surface area contributed by atoms with Crippen molar-refractivity contribution in [3.63, 3.8) is 0 Å². The molecular weight excluding hydrogens is 342 g/mol. The normalized spacial score (nSPS) is 11.4. The Kier molecular flexibility index (Phi) is 4.29. The number of aromatic amines is 1. The summed E-state index contributed by atoms with van der Waals surface area (Å²) in [6.07, 6.45) is 2.94. The second kappa shape index (κ2) is 6.41. The molecule has 8 nitrogen and oxygen atoms in total. The van der Waals surface area contributed by atoms with Crippen LogP contribution < -0.4 is 10.9 Å². The fraction of sp³-hybridized carbons (Fsp3) is 0.188. The van der Waals surface area contributed by atoms with Crippen LogP contribution in [-0.2, 0) is 16.4 Å². The van der Waals surface area contributed by atoms with Gasteiger partial charge in [-0.1, -0.05) is 0 Å². The molecule has 3 aromatic rings. The number of nitrogens with one attached hydrogen (secondary N) is 2. The Balaban J connectivity index is 2.01. The van der Waals surface area contributed by atoms with Gasteiger partial charge in [-0.2, -0.15) is 10.4 Å². The molecule has 0 fully saturated rings. The predicted molar refractivity (Wildman–Crippen MR) is 93.4 cm³/mol. The second-order valence-electron chi connectivity index (χ2n) is 5.47. The molecule has 1 aromatic carbocycles. The zero-order chi connectivity index (χ0) is 18.0. The number of nitrogens with zero attached hydrogens (tertiary/aromatic N) is 3. The Morgan fingerprint density at radius 1 is 1.28 bits per heavy atom. The van der Waals surface area contributed by atoms with Crippen molar-refractivity contribution in [1.29, 1.82) is 5.26 Å². The summed E-state index contributed by atoms with van der Waals surface area (Å²) in [5, 5.41) is 16.6. The van der Waals surface area contributed by atoms with E-state index in [1.54, 1.807) is 22.9 Å². The number of H-pyrrole nitrogens is 1. The molecular formula is C16H15N5O3S. The van der Waals surface area contributed by atoms with Crippen molar-refractivity contribution in [2.45, 2.75) is 17.9 Å². The highest BCUT2D eigenvalue weighted by molar-refractivity contribution is 7.90. The first-order valence-corrected chi connectivity index (χ1v) is 9.31. The van der Waals surface area contributed by atoms with Gasteiger partial charge in [0, 0.05) is 18.1 Å². The topological polar surface area (TPSA) is 121 Å². The minimum Gasteiger partial charge on any atom is -0.338 e. The third kappa shape index (κ3) is 3.39. The first kappa shape index (κ1) is 16.7. The molecule has 0 amide bonds. The minimum absolute atomic E-state index is 0.209. The number of benzene rings is 1. The van der Waals surface area contributed by atoms with E-state index in [2.05, 4.69) is 21.5 Å². The summed E-state index contributed by atoms with van der Waals surface area (Å²) in [7, 11) is -3.27. The molecule has 0 spiro atoms. The highest BCUT2D eigenvalue weighted by Gasteiger charge is 2.14. The number of rotatable bonds is 5. The van der Waals surface area contributed by atoms with E-state index < -0.39 is 9.84 Å². The number of hydrogen-bond donors (Lipinski definition) is 2. The maximum absolute atomic E-state index is 12.2. The SMILES string of the molecule is CS(=O)(=O)c1ccc(Nc2nn(CCC#N)c3cc[nH]c(=O)c23)cc1. The number of pyridine rings is 1. The smallest absolute Gasteiger partial charge is 0.261 e. The third-order valence-electron chi connectivity index (χ3n) is 3.66. The predicted octanol–water partition coefficient (Wildman–Crippen LogP) is 1.79. The van der Waals surface area contributed by atoms with Crippen LogP contribution in [0.25, 0.3) is 10.9 Å². The number of sulfone groups is 1. The van der Waals surface area contributed by atoms with Crippen LogP contribution in [0.4, 0.5) is 11.5 Å². The Labute approximate surface area is 143 Å².